The van der Waals surface area contributed by atoms with Crippen LogP contribution in [0, 0.1) is 10.1 Å². The summed E-state index contributed by atoms with van der Waals surface area (Å²) in [4.78, 5) is 19.4. The number of nitrogens with one attached hydrogen (secondary N) is 1. The van der Waals surface area contributed by atoms with Crippen molar-refractivity contribution in [3.63, 3.8) is 0 Å². The molecular weight excluding hydrogens is 248 g/mol. The van der Waals surface area contributed by atoms with Gasteiger partial charge in [-0.1, -0.05) is 0 Å². The van der Waals surface area contributed by atoms with Crippen molar-refractivity contribution in [2.75, 3.05) is 18.5 Å². The van der Waals surface area contributed by atoms with Crippen molar-refractivity contribution >= 4 is 22.7 Å². The lowest BCUT2D eigenvalue weighted by molar-refractivity contribution is -0.384. The molecule has 2 N–H and O–H groups in total. The molecule has 0 spiro atoms. The molecule has 0 atom stereocenters. The molecule has 1 heterocycles. The van der Waals surface area contributed by atoms with Gasteiger partial charge in [-0.05, 0) is 19.9 Å². The normalized spacial score (nSPS) is 11.8. The first-order chi connectivity index (χ1) is 8.76. The molecule has 0 aliphatic carbocycles. The Labute approximate surface area is 110 Å². The molecule has 0 fully saturated rings. The number of aliphatic hydroxyl groups is 1. The maximum atomic E-state index is 10.7. The number of fused-ring (bicyclic) bond motifs is 1. The number of nitro groups is 1. The summed E-state index contributed by atoms with van der Waals surface area (Å²) in [5.41, 5.74) is 0.433. The van der Waals surface area contributed by atoms with Crippen LogP contribution in [0.25, 0.3) is 11.0 Å². The number of nitro benzene ring substituents is 1. The van der Waals surface area contributed by atoms with Gasteiger partial charge < -0.3 is 15.0 Å². The lowest BCUT2D eigenvalue weighted by atomic mass is 10.1. The Morgan fingerprint density at radius 1 is 1.53 bits per heavy atom. The molecule has 0 unspecified atom stereocenters. The summed E-state index contributed by atoms with van der Waals surface area (Å²) < 4.78 is 0. The van der Waals surface area contributed by atoms with Gasteiger partial charge in [-0.2, -0.15) is 0 Å². The minimum Gasteiger partial charge on any atom is -0.389 e. The number of anilines is 1. The average molecular weight is 264 g/mol. The fourth-order valence-corrected chi connectivity index (χ4v) is 1.93. The van der Waals surface area contributed by atoms with E-state index in [0.29, 0.717) is 23.5 Å². The van der Waals surface area contributed by atoms with Gasteiger partial charge in [0.1, 0.15) is 0 Å². The highest BCUT2D eigenvalue weighted by molar-refractivity contribution is 5.80. The molecule has 7 nitrogen and oxygen atoms in total. The third-order valence-corrected chi connectivity index (χ3v) is 2.65. The largest absolute Gasteiger partial charge is 0.389 e. The Balaban J connectivity index is 2.33. The number of hydrogen-bond donors (Lipinski definition) is 2. The highest BCUT2D eigenvalue weighted by Crippen LogP contribution is 2.22. The highest BCUT2D eigenvalue weighted by Gasteiger charge is 2.18. The lowest BCUT2D eigenvalue weighted by Gasteiger charge is -2.24. The second-order valence-corrected chi connectivity index (χ2v) is 5.19. The zero-order chi connectivity index (χ0) is 14.2. The van der Waals surface area contributed by atoms with Crippen molar-refractivity contribution in [2.24, 2.45) is 0 Å². The van der Waals surface area contributed by atoms with Crippen LogP contribution in [0.3, 0.4) is 0 Å². The topological polar surface area (TPSA) is 95.3 Å². The Bertz CT molecular complexity index is 615. The molecule has 102 valence electrons. The van der Waals surface area contributed by atoms with Crippen LogP contribution in [0.4, 0.5) is 11.6 Å². The minimum atomic E-state index is -0.847. The van der Waals surface area contributed by atoms with Crippen molar-refractivity contribution in [3.8, 4) is 0 Å². The van der Waals surface area contributed by atoms with Gasteiger partial charge in [0.15, 0.2) is 0 Å². The summed E-state index contributed by atoms with van der Waals surface area (Å²) in [6.07, 6.45) is 0. The van der Waals surface area contributed by atoms with E-state index in [1.807, 2.05) is 0 Å². The fraction of sp³-hybridized carbons (Fsp3) is 0.417. The number of benzene rings is 1. The van der Waals surface area contributed by atoms with Gasteiger partial charge in [0.2, 0.25) is 5.95 Å². The number of H-pyrrole nitrogens is 1. The van der Waals surface area contributed by atoms with Gasteiger partial charge in [0.25, 0.3) is 5.69 Å². The lowest BCUT2D eigenvalue weighted by Crippen LogP contribution is -2.36. The van der Waals surface area contributed by atoms with E-state index in [2.05, 4.69) is 9.97 Å². The van der Waals surface area contributed by atoms with E-state index >= 15 is 0 Å². The molecule has 1 aromatic carbocycles. The number of nitrogens with zero attached hydrogens (tertiary/aromatic N) is 3. The molecule has 0 radical (unpaired) electrons. The van der Waals surface area contributed by atoms with E-state index in [9.17, 15) is 15.2 Å². The van der Waals surface area contributed by atoms with E-state index in [4.69, 9.17) is 0 Å². The van der Waals surface area contributed by atoms with Crippen LogP contribution in [-0.4, -0.2) is 39.2 Å². The molecule has 7 heteroatoms. The first-order valence-corrected chi connectivity index (χ1v) is 5.84. The molecule has 1 aromatic heterocycles. The van der Waals surface area contributed by atoms with E-state index in [1.165, 1.54) is 12.1 Å². The summed E-state index contributed by atoms with van der Waals surface area (Å²) in [7, 11) is 1.80. The first kappa shape index (κ1) is 13.3. The predicted octanol–water partition coefficient (Wildman–Crippen LogP) is 1.68. The number of rotatable bonds is 4. The smallest absolute Gasteiger partial charge is 0.271 e. The number of aromatic nitrogens is 2. The summed E-state index contributed by atoms with van der Waals surface area (Å²) in [6, 6.07) is 4.47. The van der Waals surface area contributed by atoms with Gasteiger partial charge in [-0.3, -0.25) is 10.1 Å². The second-order valence-electron chi connectivity index (χ2n) is 5.19. The summed E-state index contributed by atoms with van der Waals surface area (Å²) >= 11 is 0. The monoisotopic (exact) mass is 264 g/mol. The third kappa shape index (κ3) is 3.00. The Morgan fingerprint density at radius 2 is 2.21 bits per heavy atom. The maximum absolute atomic E-state index is 10.7. The molecule has 0 saturated heterocycles. The van der Waals surface area contributed by atoms with E-state index < -0.39 is 10.5 Å². The molecule has 2 aromatic rings. The SMILES string of the molecule is CN(CC(C)(C)O)c1nc2ccc([N+](=O)[O-])cc2[nH]1. The number of non-ortho nitro benzene ring substituents is 1. The van der Waals surface area contributed by atoms with Crippen LogP contribution in [0.15, 0.2) is 18.2 Å². The quantitative estimate of drug-likeness (QED) is 0.647. The molecule has 19 heavy (non-hydrogen) atoms. The van der Waals surface area contributed by atoms with Crippen LogP contribution in [-0.2, 0) is 0 Å². The van der Waals surface area contributed by atoms with Gasteiger partial charge in [0, 0.05) is 25.7 Å². The summed E-state index contributed by atoms with van der Waals surface area (Å²) in [6.45, 7) is 3.81. The highest BCUT2D eigenvalue weighted by atomic mass is 16.6. The number of aromatic amines is 1. The molecule has 0 aliphatic heterocycles. The average Bonchev–Trinajstić information content (AvgIpc) is 2.68. The van der Waals surface area contributed by atoms with Crippen molar-refractivity contribution in [1.29, 1.82) is 0 Å². The zero-order valence-electron chi connectivity index (χ0n) is 11.0. The van der Waals surface area contributed by atoms with E-state index in [-0.39, 0.29) is 5.69 Å². The number of imidazole rings is 1. The van der Waals surface area contributed by atoms with Crippen LogP contribution in [0.1, 0.15) is 13.8 Å². The molecule has 2 rings (SSSR count). The number of likely N-dealkylation sites (N-methyl/N-ethyl adjacent to an activating group) is 1. The standard InChI is InChI=1S/C12H16N4O3/c1-12(2,17)7-15(3)11-13-9-5-4-8(16(18)19)6-10(9)14-11/h4-6,17H,7H2,1-3H3,(H,13,14). The fourth-order valence-electron chi connectivity index (χ4n) is 1.93. The van der Waals surface area contributed by atoms with Crippen molar-refractivity contribution in [2.45, 2.75) is 19.4 Å². The Hall–Kier alpha value is -2.15. The van der Waals surface area contributed by atoms with Crippen LogP contribution in [0.5, 0.6) is 0 Å². The Morgan fingerprint density at radius 3 is 2.79 bits per heavy atom. The van der Waals surface area contributed by atoms with Crippen molar-refractivity contribution < 1.29 is 10.0 Å². The molecule has 0 bridgehead atoms. The van der Waals surface area contributed by atoms with Crippen LogP contribution >= 0.6 is 0 Å². The predicted molar refractivity (Wildman–Crippen MR) is 72.3 cm³/mol. The summed E-state index contributed by atoms with van der Waals surface area (Å²) in [5, 5.41) is 20.5. The van der Waals surface area contributed by atoms with Gasteiger partial charge in [0.05, 0.1) is 21.6 Å². The van der Waals surface area contributed by atoms with Gasteiger partial charge in [-0.15, -0.1) is 0 Å². The van der Waals surface area contributed by atoms with Crippen LogP contribution < -0.4 is 4.90 Å². The number of hydrogen-bond acceptors (Lipinski definition) is 5. The van der Waals surface area contributed by atoms with E-state index in [0.717, 1.165) is 0 Å². The molecular formula is C12H16N4O3. The molecule has 0 aliphatic rings. The molecule has 0 amide bonds. The van der Waals surface area contributed by atoms with Crippen molar-refractivity contribution in [3.05, 3.63) is 28.3 Å². The summed E-state index contributed by atoms with van der Waals surface area (Å²) in [5.74, 6) is 0.567. The first-order valence-electron chi connectivity index (χ1n) is 5.84. The second kappa shape index (κ2) is 4.51. The zero-order valence-corrected chi connectivity index (χ0v) is 11.0. The minimum absolute atomic E-state index is 0.0211. The third-order valence-electron chi connectivity index (χ3n) is 2.65. The van der Waals surface area contributed by atoms with Gasteiger partial charge in [-0.25, -0.2) is 4.98 Å². The van der Waals surface area contributed by atoms with Crippen LogP contribution in [0.2, 0.25) is 0 Å². The Kier molecular flexibility index (Phi) is 3.15. The van der Waals surface area contributed by atoms with E-state index in [1.54, 1.807) is 31.9 Å². The van der Waals surface area contributed by atoms with Gasteiger partial charge >= 0.3 is 0 Å². The molecule has 0 saturated carbocycles. The maximum Gasteiger partial charge on any atom is 0.271 e. The van der Waals surface area contributed by atoms with Crippen molar-refractivity contribution in [1.82, 2.24) is 9.97 Å².